The molecular formula is C13H20O. The van der Waals surface area contributed by atoms with Crippen LogP contribution in [0.3, 0.4) is 0 Å². The van der Waals surface area contributed by atoms with Crippen LogP contribution in [-0.4, -0.2) is 6.29 Å². The van der Waals surface area contributed by atoms with Gasteiger partial charge in [0.1, 0.15) is 6.29 Å². The lowest BCUT2D eigenvalue weighted by Gasteiger charge is -2.46. The second-order valence-electron chi connectivity index (χ2n) is 5.36. The number of fused-ring (bicyclic) bond motifs is 2. The summed E-state index contributed by atoms with van der Waals surface area (Å²) in [4.78, 5) is 11.0. The van der Waals surface area contributed by atoms with Crippen molar-refractivity contribution in [1.82, 2.24) is 0 Å². The molecule has 3 aliphatic carbocycles. The molecule has 0 heterocycles. The largest absolute Gasteiger partial charge is 0.303 e. The number of rotatable bonds is 2. The smallest absolute Gasteiger partial charge is 0.123 e. The van der Waals surface area contributed by atoms with Gasteiger partial charge in [0.15, 0.2) is 0 Å². The molecule has 4 unspecified atom stereocenters. The van der Waals surface area contributed by atoms with Crippen molar-refractivity contribution in [1.29, 1.82) is 0 Å². The van der Waals surface area contributed by atoms with Gasteiger partial charge in [-0.15, -0.1) is 0 Å². The van der Waals surface area contributed by atoms with Crippen LogP contribution >= 0.6 is 0 Å². The highest BCUT2D eigenvalue weighted by atomic mass is 16.1. The fourth-order valence-electron chi connectivity index (χ4n) is 3.31. The van der Waals surface area contributed by atoms with Gasteiger partial charge in [-0.25, -0.2) is 0 Å². The molecule has 0 aromatic carbocycles. The van der Waals surface area contributed by atoms with E-state index in [9.17, 15) is 4.79 Å². The van der Waals surface area contributed by atoms with Crippen LogP contribution in [0.2, 0.25) is 0 Å². The monoisotopic (exact) mass is 192 g/mol. The molecular weight excluding hydrogens is 172 g/mol. The van der Waals surface area contributed by atoms with Crippen molar-refractivity contribution in [2.24, 2.45) is 29.6 Å². The summed E-state index contributed by atoms with van der Waals surface area (Å²) in [6.07, 6.45) is 5.99. The molecule has 1 saturated carbocycles. The number of hydrogen-bond acceptors (Lipinski definition) is 1. The van der Waals surface area contributed by atoms with Crippen LogP contribution in [0, 0.1) is 29.6 Å². The zero-order valence-corrected chi connectivity index (χ0v) is 9.36. The van der Waals surface area contributed by atoms with Crippen LogP contribution in [0.1, 0.15) is 33.6 Å². The van der Waals surface area contributed by atoms with Gasteiger partial charge in [0.25, 0.3) is 0 Å². The molecule has 3 rings (SSSR count). The topological polar surface area (TPSA) is 17.1 Å². The molecule has 1 nitrogen and oxygen atoms in total. The third-order valence-corrected chi connectivity index (χ3v) is 4.23. The Bertz CT molecular complexity index is 264. The molecule has 0 aliphatic heterocycles. The quantitative estimate of drug-likeness (QED) is 0.485. The summed E-state index contributed by atoms with van der Waals surface area (Å²) in [5, 5.41) is 0. The Hall–Kier alpha value is -0.590. The zero-order chi connectivity index (χ0) is 10.3. The van der Waals surface area contributed by atoms with Crippen LogP contribution in [0.5, 0.6) is 0 Å². The first-order valence-electron chi connectivity index (χ1n) is 5.77. The molecule has 1 heteroatoms. The first-order valence-corrected chi connectivity index (χ1v) is 5.77. The summed E-state index contributed by atoms with van der Waals surface area (Å²) in [6, 6.07) is 0. The Kier molecular flexibility index (Phi) is 2.50. The lowest BCUT2D eigenvalue weighted by molar-refractivity contribution is -0.115. The first kappa shape index (κ1) is 9.95. The number of allylic oxidation sites excluding steroid dienone is 2. The van der Waals surface area contributed by atoms with Gasteiger partial charge in [-0.2, -0.15) is 0 Å². The van der Waals surface area contributed by atoms with Crippen molar-refractivity contribution in [3.8, 4) is 0 Å². The lowest BCUT2D eigenvalue weighted by atomic mass is 9.58. The standard InChI is InChI=1S/C13H20O/c1-8(2)12-6-10-5-11(7-14)13(12)4-9(10)3/h4,7-8,10-13H,5-6H2,1-3H3. The van der Waals surface area contributed by atoms with E-state index in [1.807, 2.05) is 0 Å². The molecule has 0 amide bonds. The van der Waals surface area contributed by atoms with Gasteiger partial charge in [0.05, 0.1) is 0 Å². The van der Waals surface area contributed by atoms with Gasteiger partial charge in [-0.05, 0) is 43.4 Å². The highest BCUT2D eigenvalue weighted by molar-refractivity contribution is 5.56. The minimum absolute atomic E-state index is 0.310. The van der Waals surface area contributed by atoms with E-state index in [1.54, 1.807) is 0 Å². The fraction of sp³-hybridized carbons (Fsp3) is 0.769. The van der Waals surface area contributed by atoms with Crippen LogP contribution in [0.25, 0.3) is 0 Å². The molecule has 3 aliphatic rings. The van der Waals surface area contributed by atoms with Crippen molar-refractivity contribution >= 4 is 6.29 Å². The molecule has 0 spiro atoms. The maximum Gasteiger partial charge on any atom is 0.123 e. The van der Waals surface area contributed by atoms with E-state index in [2.05, 4.69) is 26.8 Å². The van der Waals surface area contributed by atoms with Gasteiger partial charge in [-0.1, -0.05) is 25.5 Å². The number of aldehydes is 1. The average Bonchev–Trinajstić information content (AvgIpc) is 2.17. The van der Waals surface area contributed by atoms with E-state index >= 15 is 0 Å². The van der Waals surface area contributed by atoms with Crippen molar-refractivity contribution in [3.05, 3.63) is 11.6 Å². The maximum atomic E-state index is 11.0. The molecule has 78 valence electrons. The number of carbonyl (C=O) groups is 1. The molecule has 1 fully saturated rings. The number of carbonyl (C=O) groups excluding carboxylic acids is 1. The second kappa shape index (κ2) is 3.52. The molecule has 0 N–H and O–H groups in total. The average molecular weight is 192 g/mol. The van der Waals surface area contributed by atoms with Gasteiger partial charge < -0.3 is 4.79 Å². The first-order chi connectivity index (χ1) is 6.63. The molecule has 4 atom stereocenters. The third-order valence-electron chi connectivity index (χ3n) is 4.23. The Labute approximate surface area is 86.6 Å². The SMILES string of the molecule is CC1=CC2C(C=O)CC1CC2C(C)C. The van der Waals surface area contributed by atoms with Crippen LogP contribution in [0.4, 0.5) is 0 Å². The highest BCUT2D eigenvalue weighted by Crippen LogP contribution is 2.49. The van der Waals surface area contributed by atoms with Crippen molar-refractivity contribution < 1.29 is 4.79 Å². The predicted molar refractivity (Wildman–Crippen MR) is 57.9 cm³/mol. The van der Waals surface area contributed by atoms with Crippen molar-refractivity contribution in [2.45, 2.75) is 33.6 Å². The summed E-state index contributed by atoms with van der Waals surface area (Å²) in [6.45, 7) is 6.81. The molecule has 0 aromatic heterocycles. The third kappa shape index (κ3) is 1.43. The van der Waals surface area contributed by atoms with Crippen LogP contribution in [-0.2, 0) is 4.79 Å². The second-order valence-corrected chi connectivity index (χ2v) is 5.36. The van der Waals surface area contributed by atoms with E-state index in [1.165, 1.54) is 18.3 Å². The molecule has 14 heavy (non-hydrogen) atoms. The van der Waals surface area contributed by atoms with Gasteiger partial charge in [-0.3, -0.25) is 0 Å². The van der Waals surface area contributed by atoms with Gasteiger partial charge in [0.2, 0.25) is 0 Å². The minimum Gasteiger partial charge on any atom is -0.303 e. The summed E-state index contributed by atoms with van der Waals surface area (Å²) < 4.78 is 0. The Morgan fingerprint density at radius 1 is 1.43 bits per heavy atom. The molecule has 2 bridgehead atoms. The van der Waals surface area contributed by atoms with Crippen molar-refractivity contribution in [3.63, 3.8) is 0 Å². The predicted octanol–water partition coefficient (Wildman–Crippen LogP) is 3.06. The summed E-state index contributed by atoms with van der Waals surface area (Å²) in [7, 11) is 0. The molecule has 0 saturated heterocycles. The maximum absolute atomic E-state index is 11.0. The van der Waals surface area contributed by atoms with E-state index in [4.69, 9.17) is 0 Å². The normalized spacial score (nSPS) is 41.3. The molecule has 0 aromatic rings. The van der Waals surface area contributed by atoms with Gasteiger partial charge >= 0.3 is 0 Å². The Balaban J connectivity index is 2.26. The van der Waals surface area contributed by atoms with E-state index < -0.39 is 0 Å². The summed E-state index contributed by atoms with van der Waals surface area (Å²) in [5.41, 5.74) is 1.53. The number of hydrogen-bond donors (Lipinski definition) is 0. The Morgan fingerprint density at radius 3 is 2.64 bits per heavy atom. The summed E-state index contributed by atoms with van der Waals surface area (Å²) >= 11 is 0. The van der Waals surface area contributed by atoms with Crippen LogP contribution < -0.4 is 0 Å². The highest BCUT2D eigenvalue weighted by Gasteiger charge is 2.41. The van der Waals surface area contributed by atoms with Crippen LogP contribution in [0.15, 0.2) is 11.6 Å². The van der Waals surface area contributed by atoms with Gasteiger partial charge in [0, 0.05) is 5.92 Å². The summed E-state index contributed by atoms with van der Waals surface area (Å²) in [5.74, 6) is 3.01. The van der Waals surface area contributed by atoms with E-state index in [0.29, 0.717) is 17.8 Å². The fourth-order valence-corrected chi connectivity index (χ4v) is 3.31. The van der Waals surface area contributed by atoms with E-state index in [0.717, 1.165) is 18.3 Å². The Morgan fingerprint density at radius 2 is 2.14 bits per heavy atom. The minimum atomic E-state index is 0.310. The molecule has 0 radical (unpaired) electrons. The zero-order valence-electron chi connectivity index (χ0n) is 9.36. The van der Waals surface area contributed by atoms with E-state index in [-0.39, 0.29) is 0 Å². The van der Waals surface area contributed by atoms with Crippen molar-refractivity contribution in [2.75, 3.05) is 0 Å². The lowest BCUT2D eigenvalue weighted by Crippen LogP contribution is -2.39.